The number of hydrogen-bond donors (Lipinski definition) is 1. The molecule has 0 aromatic rings. The lowest BCUT2D eigenvalue weighted by Crippen LogP contribution is -2.28. The van der Waals surface area contributed by atoms with E-state index >= 15 is 0 Å². The summed E-state index contributed by atoms with van der Waals surface area (Å²) in [5.41, 5.74) is 0. The topological polar surface area (TPSA) is 72.8 Å². The zero-order chi connectivity index (χ0) is 34.5. The Labute approximate surface area is 293 Å². The zero-order valence-corrected chi connectivity index (χ0v) is 32.0. The van der Waals surface area contributed by atoms with E-state index in [2.05, 4.69) is 20.8 Å². The molecule has 0 unspecified atom stereocenters. The Morgan fingerprint density at radius 2 is 0.787 bits per heavy atom. The van der Waals surface area contributed by atoms with Crippen molar-refractivity contribution in [2.24, 2.45) is 5.92 Å². The smallest absolute Gasteiger partial charge is 0.306 e. The van der Waals surface area contributed by atoms with Gasteiger partial charge in [-0.1, -0.05) is 207 Å². The first-order valence-corrected chi connectivity index (χ1v) is 21.0. The quantitative estimate of drug-likeness (QED) is 0.0524. The molecular formula is C42H82O5. The summed E-state index contributed by atoms with van der Waals surface area (Å²) in [6.45, 7) is 6.53. The van der Waals surface area contributed by atoms with Gasteiger partial charge >= 0.3 is 11.9 Å². The summed E-state index contributed by atoms with van der Waals surface area (Å²) in [5, 5.41) is 9.56. The van der Waals surface area contributed by atoms with Crippen LogP contribution in [0.1, 0.15) is 233 Å². The van der Waals surface area contributed by atoms with Gasteiger partial charge < -0.3 is 14.6 Å². The van der Waals surface area contributed by atoms with E-state index < -0.39 is 6.10 Å². The average Bonchev–Trinajstić information content (AvgIpc) is 3.06. The van der Waals surface area contributed by atoms with Crippen LogP contribution in [0.5, 0.6) is 0 Å². The molecule has 0 aliphatic rings. The zero-order valence-electron chi connectivity index (χ0n) is 32.0. The first-order chi connectivity index (χ1) is 23.0. The van der Waals surface area contributed by atoms with E-state index in [1.165, 1.54) is 167 Å². The Morgan fingerprint density at radius 3 is 1.13 bits per heavy atom. The van der Waals surface area contributed by atoms with Gasteiger partial charge in [0, 0.05) is 12.8 Å². The first-order valence-electron chi connectivity index (χ1n) is 21.0. The van der Waals surface area contributed by atoms with E-state index in [-0.39, 0.29) is 25.2 Å². The molecule has 5 heteroatoms. The van der Waals surface area contributed by atoms with Crippen LogP contribution in [0, 0.1) is 5.92 Å². The number of esters is 2. The number of carbonyl (C=O) groups excluding carboxylic acids is 2. The van der Waals surface area contributed by atoms with Crippen molar-refractivity contribution in [2.75, 3.05) is 13.2 Å². The second kappa shape index (κ2) is 37.7. The van der Waals surface area contributed by atoms with Crippen LogP contribution in [-0.4, -0.2) is 36.4 Å². The van der Waals surface area contributed by atoms with Gasteiger partial charge in [-0.05, 0) is 18.8 Å². The van der Waals surface area contributed by atoms with Gasteiger partial charge in [-0.25, -0.2) is 0 Å². The maximum Gasteiger partial charge on any atom is 0.306 e. The van der Waals surface area contributed by atoms with Crippen LogP contribution in [-0.2, 0) is 19.1 Å². The van der Waals surface area contributed by atoms with Gasteiger partial charge in [0.2, 0.25) is 0 Å². The van der Waals surface area contributed by atoms with Gasteiger partial charge in [-0.15, -0.1) is 0 Å². The summed E-state index contributed by atoms with van der Waals surface area (Å²) < 4.78 is 10.6. The highest BCUT2D eigenvalue weighted by Gasteiger charge is 2.16. The molecule has 5 nitrogen and oxygen atoms in total. The highest BCUT2D eigenvalue weighted by atomic mass is 16.6. The van der Waals surface area contributed by atoms with E-state index in [1.54, 1.807) is 0 Å². The Balaban J connectivity index is 3.48. The van der Waals surface area contributed by atoms with Gasteiger partial charge in [0.15, 0.2) is 6.10 Å². The fraction of sp³-hybridized carbons (Fsp3) is 0.952. The third-order valence-electron chi connectivity index (χ3n) is 9.58. The predicted molar refractivity (Wildman–Crippen MR) is 201 cm³/mol. The van der Waals surface area contributed by atoms with Crippen LogP contribution in [0.4, 0.5) is 0 Å². The molecule has 1 atom stereocenters. The normalized spacial score (nSPS) is 12.1. The molecule has 0 spiro atoms. The molecular weight excluding hydrogens is 584 g/mol. The second-order valence-electron chi connectivity index (χ2n) is 14.9. The van der Waals surface area contributed by atoms with Gasteiger partial charge in [0.05, 0.1) is 6.61 Å². The maximum absolute atomic E-state index is 12.2. The third-order valence-corrected chi connectivity index (χ3v) is 9.58. The lowest BCUT2D eigenvalue weighted by atomic mass is 10.0. The molecule has 0 radical (unpaired) electrons. The molecule has 0 rings (SSSR count). The number of carbonyl (C=O) groups is 2. The molecule has 0 saturated carbocycles. The van der Waals surface area contributed by atoms with Gasteiger partial charge in [0.1, 0.15) is 6.61 Å². The average molecular weight is 667 g/mol. The monoisotopic (exact) mass is 667 g/mol. The number of unbranched alkanes of at least 4 members (excludes halogenated alkanes) is 28. The molecule has 0 fully saturated rings. The minimum atomic E-state index is -0.762. The van der Waals surface area contributed by atoms with Crippen molar-refractivity contribution in [3.8, 4) is 0 Å². The maximum atomic E-state index is 12.2. The molecule has 0 saturated heterocycles. The highest BCUT2D eigenvalue weighted by Crippen LogP contribution is 2.16. The Morgan fingerprint density at radius 1 is 0.468 bits per heavy atom. The van der Waals surface area contributed by atoms with Crippen molar-refractivity contribution in [1.29, 1.82) is 0 Å². The van der Waals surface area contributed by atoms with Crippen LogP contribution in [0.3, 0.4) is 0 Å². The Kier molecular flexibility index (Phi) is 36.8. The minimum Gasteiger partial charge on any atom is -0.462 e. The first kappa shape index (κ1) is 45.9. The summed E-state index contributed by atoms with van der Waals surface area (Å²) in [7, 11) is 0. The molecule has 0 aromatic carbocycles. The number of rotatable bonds is 38. The second-order valence-corrected chi connectivity index (χ2v) is 14.9. The molecule has 0 bridgehead atoms. The van der Waals surface area contributed by atoms with Crippen LogP contribution < -0.4 is 0 Å². The standard InChI is InChI=1S/C42H82O5/c1-4-5-6-7-8-9-10-11-13-18-21-24-27-30-33-36-42(45)47-40(37-43)38-46-41(44)35-32-29-26-23-20-17-15-12-14-16-19-22-25-28-31-34-39(2)3/h39-40,43H,4-38H2,1-3H3/t40-/m0/s1. The molecule has 0 aliphatic heterocycles. The Hall–Kier alpha value is -1.10. The van der Waals surface area contributed by atoms with Crippen molar-refractivity contribution in [1.82, 2.24) is 0 Å². The summed E-state index contributed by atoms with van der Waals surface area (Å²) in [6, 6.07) is 0. The van der Waals surface area contributed by atoms with Crippen molar-refractivity contribution in [3.63, 3.8) is 0 Å². The molecule has 0 heterocycles. The number of aliphatic hydroxyl groups excluding tert-OH is 1. The van der Waals surface area contributed by atoms with Crippen LogP contribution in [0.25, 0.3) is 0 Å². The largest absolute Gasteiger partial charge is 0.462 e. The van der Waals surface area contributed by atoms with E-state index in [9.17, 15) is 14.7 Å². The van der Waals surface area contributed by atoms with Crippen LogP contribution in [0.15, 0.2) is 0 Å². The lowest BCUT2D eigenvalue weighted by Gasteiger charge is -2.15. The van der Waals surface area contributed by atoms with Crippen LogP contribution >= 0.6 is 0 Å². The number of aliphatic hydroxyl groups is 1. The Bertz CT molecular complexity index is 649. The summed E-state index contributed by atoms with van der Waals surface area (Å²) in [5.74, 6) is 0.281. The minimum absolute atomic E-state index is 0.0573. The number of ether oxygens (including phenoxy) is 2. The van der Waals surface area contributed by atoms with Crippen molar-refractivity contribution in [2.45, 2.75) is 239 Å². The van der Waals surface area contributed by atoms with Gasteiger partial charge in [-0.2, -0.15) is 0 Å². The molecule has 0 aromatic heterocycles. The van der Waals surface area contributed by atoms with Gasteiger partial charge in [0.25, 0.3) is 0 Å². The van der Waals surface area contributed by atoms with Gasteiger partial charge in [-0.3, -0.25) is 9.59 Å². The fourth-order valence-corrected chi connectivity index (χ4v) is 6.39. The molecule has 47 heavy (non-hydrogen) atoms. The molecule has 280 valence electrons. The lowest BCUT2D eigenvalue weighted by molar-refractivity contribution is -0.161. The van der Waals surface area contributed by atoms with E-state index in [0.717, 1.165) is 38.0 Å². The predicted octanol–water partition coefficient (Wildman–Crippen LogP) is 13.0. The van der Waals surface area contributed by atoms with E-state index in [0.29, 0.717) is 12.8 Å². The van der Waals surface area contributed by atoms with E-state index in [4.69, 9.17) is 9.47 Å². The summed E-state index contributed by atoms with van der Waals surface area (Å²) in [6.07, 6.45) is 40.2. The molecule has 0 amide bonds. The SMILES string of the molecule is CCCCCCCCCCCCCCCCCC(=O)O[C@@H](CO)COC(=O)CCCCCCCCCCCCCCCCCC(C)C. The highest BCUT2D eigenvalue weighted by molar-refractivity contribution is 5.70. The fourth-order valence-electron chi connectivity index (χ4n) is 6.39. The van der Waals surface area contributed by atoms with E-state index in [1.807, 2.05) is 0 Å². The number of hydrogen-bond acceptors (Lipinski definition) is 5. The third kappa shape index (κ3) is 37.6. The molecule has 1 N–H and O–H groups in total. The van der Waals surface area contributed by atoms with Crippen molar-refractivity contribution >= 4 is 11.9 Å². The summed E-state index contributed by atoms with van der Waals surface area (Å²) >= 11 is 0. The van der Waals surface area contributed by atoms with Crippen molar-refractivity contribution < 1.29 is 24.2 Å². The van der Waals surface area contributed by atoms with Crippen LogP contribution in [0.2, 0.25) is 0 Å². The molecule has 0 aliphatic carbocycles. The van der Waals surface area contributed by atoms with Crippen molar-refractivity contribution in [3.05, 3.63) is 0 Å². The summed E-state index contributed by atoms with van der Waals surface area (Å²) in [4.78, 5) is 24.3.